The van der Waals surface area contributed by atoms with E-state index in [2.05, 4.69) is 5.32 Å². The third-order valence-corrected chi connectivity index (χ3v) is 3.36. The molecule has 1 aromatic heterocycles. The molecule has 2 amide bonds. The molecule has 114 valence electrons. The van der Waals surface area contributed by atoms with Gasteiger partial charge >= 0.3 is 0 Å². The maximum absolute atomic E-state index is 12.2. The Kier molecular flexibility index (Phi) is 4.32. The molecule has 0 aliphatic rings. The van der Waals surface area contributed by atoms with Crippen molar-refractivity contribution in [3.8, 4) is 0 Å². The summed E-state index contributed by atoms with van der Waals surface area (Å²) in [6.07, 6.45) is 0. The number of nitrogens with one attached hydrogen (secondary N) is 1. The molecule has 1 aromatic carbocycles. The third-order valence-electron chi connectivity index (χ3n) is 3.03. The zero-order valence-corrected chi connectivity index (χ0v) is 12.7. The van der Waals surface area contributed by atoms with Crippen LogP contribution in [0.15, 0.2) is 28.7 Å². The van der Waals surface area contributed by atoms with E-state index in [9.17, 15) is 14.4 Å². The van der Waals surface area contributed by atoms with Gasteiger partial charge in [-0.15, -0.1) is 0 Å². The number of halogens is 1. The van der Waals surface area contributed by atoms with Gasteiger partial charge in [0.25, 0.3) is 11.8 Å². The highest BCUT2D eigenvalue weighted by atomic mass is 35.5. The van der Waals surface area contributed by atoms with E-state index in [0.717, 1.165) is 0 Å². The van der Waals surface area contributed by atoms with E-state index < -0.39 is 11.8 Å². The van der Waals surface area contributed by atoms with Gasteiger partial charge in [-0.3, -0.25) is 19.7 Å². The standard InChI is InChI=1S/C15H13ClN2O4/c1-7(19)11-8(2)22-15(12(11)13(17)20)18-14(21)9-5-3-4-6-10(9)16/h3-6H,1-2H3,(H2,17,20)(H,18,21). The highest BCUT2D eigenvalue weighted by Gasteiger charge is 2.26. The summed E-state index contributed by atoms with van der Waals surface area (Å²) < 4.78 is 5.30. The van der Waals surface area contributed by atoms with Gasteiger partial charge in [0.15, 0.2) is 5.78 Å². The number of hydrogen-bond donors (Lipinski definition) is 2. The fourth-order valence-corrected chi connectivity index (χ4v) is 2.33. The molecule has 7 heteroatoms. The van der Waals surface area contributed by atoms with E-state index in [-0.39, 0.29) is 39.1 Å². The number of furan rings is 1. The van der Waals surface area contributed by atoms with Crippen molar-refractivity contribution in [3.05, 3.63) is 51.7 Å². The van der Waals surface area contributed by atoms with Crippen LogP contribution in [0.4, 0.5) is 5.88 Å². The Labute approximate surface area is 131 Å². The Morgan fingerprint density at radius 3 is 2.36 bits per heavy atom. The van der Waals surface area contributed by atoms with Crippen LogP contribution in [0, 0.1) is 6.92 Å². The predicted octanol–water partition coefficient (Wildman–Crippen LogP) is 2.80. The van der Waals surface area contributed by atoms with Gasteiger partial charge in [0.2, 0.25) is 5.88 Å². The summed E-state index contributed by atoms with van der Waals surface area (Å²) >= 11 is 5.94. The first kappa shape index (κ1) is 15.8. The molecule has 0 fully saturated rings. The highest BCUT2D eigenvalue weighted by Crippen LogP contribution is 2.28. The molecule has 0 bridgehead atoms. The van der Waals surface area contributed by atoms with Crippen LogP contribution in [0.5, 0.6) is 0 Å². The van der Waals surface area contributed by atoms with Crippen LogP contribution in [0.3, 0.4) is 0 Å². The minimum absolute atomic E-state index is 0.0574. The Bertz CT molecular complexity index is 780. The number of hydrogen-bond acceptors (Lipinski definition) is 4. The molecule has 0 atom stereocenters. The summed E-state index contributed by atoms with van der Waals surface area (Å²) in [6.45, 7) is 2.79. The zero-order chi connectivity index (χ0) is 16.4. The van der Waals surface area contributed by atoms with Gasteiger partial charge in [-0.2, -0.15) is 0 Å². The Hall–Kier alpha value is -2.60. The molecule has 0 saturated heterocycles. The van der Waals surface area contributed by atoms with E-state index in [1.807, 2.05) is 0 Å². The number of anilines is 1. The molecule has 2 aromatic rings. The summed E-state index contributed by atoms with van der Waals surface area (Å²) in [5.41, 5.74) is 5.40. The Morgan fingerprint density at radius 1 is 1.18 bits per heavy atom. The molecule has 1 heterocycles. The molecule has 0 aliphatic carbocycles. The minimum Gasteiger partial charge on any atom is -0.444 e. The average Bonchev–Trinajstić information content (AvgIpc) is 2.75. The topological polar surface area (TPSA) is 102 Å². The van der Waals surface area contributed by atoms with Gasteiger partial charge in [0.05, 0.1) is 16.1 Å². The fourth-order valence-electron chi connectivity index (χ4n) is 2.11. The summed E-state index contributed by atoms with van der Waals surface area (Å²) in [5.74, 6) is -1.78. The molecule has 6 nitrogen and oxygen atoms in total. The van der Waals surface area contributed by atoms with Crippen LogP contribution < -0.4 is 11.1 Å². The van der Waals surface area contributed by atoms with Crippen LogP contribution in [0.25, 0.3) is 0 Å². The second kappa shape index (κ2) is 6.03. The van der Waals surface area contributed by atoms with Crippen molar-refractivity contribution in [2.45, 2.75) is 13.8 Å². The SMILES string of the molecule is CC(=O)c1c(C)oc(NC(=O)c2ccccc2Cl)c1C(N)=O. The summed E-state index contributed by atoms with van der Waals surface area (Å²) in [6, 6.07) is 6.39. The third kappa shape index (κ3) is 2.87. The number of aryl methyl sites for hydroxylation is 1. The number of carbonyl (C=O) groups excluding carboxylic acids is 3. The van der Waals surface area contributed by atoms with E-state index in [4.69, 9.17) is 21.8 Å². The molecular formula is C15H13ClN2O4. The van der Waals surface area contributed by atoms with E-state index in [0.29, 0.717) is 0 Å². The molecule has 0 aliphatic heterocycles. The normalized spacial score (nSPS) is 10.3. The first-order valence-corrected chi connectivity index (χ1v) is 6.70. The lowest BCUT2D eigenvalue weighted by atomic mass is 10.1. The van der Waals surface area contributed by atoms with Gasteiger partial charge in [0, 0.05) is 0 Å². The Morgan fingerprint density at radius 2 is 1.82 bits per heavy atom. The number of carbonyl (C=O) groups is 3. The molecule has 0 saturated carbocycles. The molecule has 0 unspecified atom stereocenters. The summed E-state index contributed by atoms with van der Waals surface area (Å²) in [7, 11) is 0. The van der Waals surface area contributed by atoms with Crippen LogP contribution in [-0.4, -0.2) is 17.6 Å². The first-order valence-electron chi connectivity index (χ1n) is 6.33. The van der Waals surface area contributed by atoms with Crippen molar-refractivity contribution >= 4 is 35.1 Å². The van der Waals surface area contributed by atoms with Crippen molar-refractivity contribution in [1.29, 1.82) is 0 Å². The van der Waals surface area contributed by atoms with Crippen LogP contribution in [0.1, 0.15) is 43.8 Å². The van der Waals surface area contributed by atoms with Gasteiger partial charge in [-0.25, -0.2) is 0 Å². The number of benzene rings is 1. The van der Waals surface area contributed by atoms with Gasteiger partial charge in [-0.05, 0) is 26.0 Å². The lowest BCUT2D eigenvalue weighted by Crippen LogP contribution is -2.19. The van der Waals surface area contributed by atoms with Crippen molar-refractivity contribution in [2.24, 2.45) is 5.73 Å². The molecule has 2 rings (SSSR count). The van der Waals surface area contributed by atoms with Crippen molar-refractivity contribution < 1.29 is 18.8 Å². The Balaban J connectivity index is 2.44. The molecule has 22 heavy (non-hydrogen) atoms. The molecular weight excluding hydrogens is 308 g/mol. The van der Waals surface area contributed by atoms with E-state index in [1.54, 1.807) is 18.2 Å². The number of Topliss-reactive ketones (excluding diaryl/α,β-unsaturated/α-hetero) is 1. The maximum Gasteiger partial charge on any atom is 0.259 e. The average molecular weight is 321 g/mol. The lowest BCUT2D eigenvalue weighted by Gasteiger charge is -2.05. The van der Waals surface area contributed by atoms with Crippen molar-refractivity contribution in [3.63, 3.8) is 0 Å². The highest BCUT2D eigenvalue weighted by molar-refractivity contribution is 6.34. The first-order chi connectivity index (χ1) is 10.3. The predicted molar refractivity (Wildman–Crippen MR) is 81.4 cm³/mol. The van der Waals surface area contributed by atoms with Crippen LogP contribution in [0.2, 0.25) is 5.02 Å². The second-order valence-electron chi connectivity index (χ2n) is 4.59. The van der Waals surface area contributed by atoms with Crippen LogP contribution in [-0.2, 0) is 0 Å². The van der Waals surface area contributed by atoms with E-state index >= 15 is 0 Å². The smallest absolute Gasteiger partial charge is 0.259 e. The number of rotatable bonds is 4. The minimum atomic E-state index is -0.864. The monoisotopic (exact) mass is 320 g/mol. The zero-order valence-electron chi connectivity index (χ0n) is 11.9. The number of primary amides is 1. The summed E-state index contributed by atoms with van der Waals surface area (Å²) in [4.78, 5) is 35.4. The fraction of sp³-hybridized carbons (Fsp3) is 0.133. The molecule has 0 radical (unpaired) electrons. The maximum atomic E-state index is 12.2. The number of amides is 2. The van der Waals surface area contributed by atoms with Gasteiger partial charge in [0.1, 0.15) is 11.3 Å². The number of nitrogens with two attached hydrogens (primary N) is 1. The van der Waals surface area contributed by atoms with Gasteiger partial charge < -0.3 is 10.2 Å². The summed E-state index contributed by atoms with van der Waals surface area (Å²) in [5, 5.41) is 2.67. The largest absolute Gasteiger partial charge is 0.444 e. The van der Waals surface area contributed by atoms with Crippen LogP contribution >= 0.6 is 11.6 Å². The van der Waals surface area contributed by atoms with E-state index in [1.165, 1.54) is 19.9 Å². The molecule has 3 N–H and O–H groups in total. The number of ketones is 1. The van der Waals surface area contributed by atoms with Gasteiger partial charge in [-0.1, -0.05) is 23.7 Å². The quantitative estimate of drug-likeness (QED) is 0.845. The van der Waals surface area contributed by atoms with Crippen molar-refractivity contribution in [1.82, 2.24) is 0 Å². The molecule has 0 spiro atoms. The van der Waals surface area contributed by atoms with Crippen molar-refractivity contribution in [2.75, 3.05) is 5.32 Å². The lowest BCUT2D eigenvalue weighted by molar-refractivity contribution is 0.0974. The second-order valence-corrected chi connectivity index (χ2v) is 5.00.